The summed E-state index contributed by atoms with van der Waals surface area (Å²) in [7, 11) is 0. The molecule has 4 nitrogen and oxygen atoms in total. The Labute approximate surface area is 130 Å². The Kier molecular flexibility index (Phi) is 8.09. The van der Waals surface area contributed by atoms with Crippen molar-refractivity contribution in [3.05, 3.63) is 0 Å². The maximum atomic E-state index is 11.7. The van der Waals surface area contributed by atoms with Gasteiger partial charge in [-0.05, 0) is 52.5 Å². The largest absolute Gasteiger partial charge is 0.444 e. The summed E-state index contributed by atoms with van der Waals surface area (Å²) in [5.41, 5.74) is -0.430. The highest BCUT2D eigenvalue weighted by Crippen LogP contribution is 2.23. The molecule has 124 valence electrons. The molecule has 0 aromatic heterocycles. The molecular weight excluding hydrogens is 264 g/mol. The van der Waals surface area contributed by atoms with Crippen molar-refractivity contribution >= 4 is 6.09 Å². The Morgan fingerprint density at radius 3 is 2.52 bits per heavy atom. The summed E-state index contributed by atoms with van der Waals surface area (Å²) in [6.07, 6.45) is 8.64. The van der Waals surface area contributed by atoms with Crippen molar-refractivity contribution in [3.8, 4) is 0 Å². The lowest BCUT2D eigenvalue weighted by Crippen LogP contribution is -2.43. The van der Waals surface area contributed by atoms with Crippen LogP contribution in [0.25, 0.3) is 0 Å². The smallest absolute Gasteiger partial charge is 0.407 e. The number of carbonyl (C=O) groups is 1. The summed E-state index contributed by atoms with van der Waals surface area (Å²) >= 11 is 0. The van der Waals surface area contributed by atoms with Gasteiger partial charge in [-0.2, -0.15) is 0 Å². The summed E-state index contributed by atoms with van der Waals surface area (Å²) in [5.74, 6) is 0.829. The van der Waals surface area contributed by atoms with E-state index in [0.717, 1.165) is 18.9 Å². The van der Waals surface area contributed by atoms with E-state index in [4.69, 9.17) is 4.74 Å². The fourth-order valence-electron chi connectivity index (χ4n) is 2.80. The van der Waals surface area contributed by atoms with Gasteiger partial charge < -0.3 is 15.4 Å². The monoisotopic (exact) mass is 298 g/mol. The molecule has 0 spiro atoms. The molecule has 1 aliphatic rings. The maximum absolute atomic E-state index is 11.7. The number of alkyl carbamates (subject to hydrolysis) is 1. The molecule has 21 heavy (non-hydrogen) atoms. The van der Waals surface area contributed by atoms with Crippen molar-refractivity contribution in [2.24, 2.45) is 5.92 Å². The van der Waals surface area contributed by atoms with E-state index in [1.54, 1.807) is 0 Å². The first-order chi connectivity index (χ1) is 9.90. The molecule has 1 atom stereocenters. The van der Waals surface area contributed by atoms with E-state index in [2.05, 4.69) is 17.6 Å². The summed E-state index contributed by atoms with van der Waals surface area (Å²) in [6.45, 7) is 9.61. The topological polar surface area (TPSA) is 50.4 Å². The van der Waals surface area contributed by atoms with Crippen molar-refractivity contribution in [1.82, 2.24) is 10.6 Å². The molecule has 0 aromatic carbocycles. The summed E-state index contributed by atoms with van der Waals surface area (Å²) in [6, 6.07) is 0.359. The van der Waals surface area contributed by atoms with Crippen molar-refractivity contribution in [1.29, 1.82) is 0 Å². The zero-order valence-electron chi connectivity index (χ0n) is 14.3. The average Bonchev–Trinajstić information content (AvgIpc) is 2.89. The quantitative estimate of drug-likeness (QED) is 0.715. The van der Waals surface area contributed by atoms with Gasteiger partial charge in [0.15, 0.2) is 0 Å². The van der Waals surface area contributed by atoms with Crippen LogP contribution in [0, 0.1) is 5.92 Å². The average molecular weight is 298 g/mol. The first-order valence-electron chi connectivity index (χ1n) is 8.61. The number of unbranched alkanes of at least 4 members (excludes halogenated alkanes) is 1. The maximum Gasteiger partial charge on any atom is 0.407 e. The van der Waals surface area contributed by atoms with Crippen LogP contribution < -0.4 is 10.6 Å². The van der Waals surface area contributed by atoms with Gasteiger partial charge in [0.25, 0.3) is 0 Å². The molecule has 1 rings (SSSR count). The van der Waals surface area contributed by atoms with Crippen LogP contribution in [0.4, 0.5) is 4.79 Å². The molecule has 0 radical (unpaired) electrons. The number of rotatable bonds is 8. The first kappa shape index (κ1) is 18.3. The first-order valence-corrected chi connectivity index (χ1v) is 8.61. The molecule has 1 unspecified atom stereocenters. The van der Waals surface area contributed by atoms with E-state index in [9.17, 15) is 4.79 Å². The van der Waals surface area contributed by atoms with Crippen LogP contribution in [0.3, 0.4) is 0 Å². The molecule has 1 amide bonds. The molecule has 1 aliphatic carbocycles. The van der Waals surface area contributed by atoms with Gasteiger partial charge in [0.05, 0.1) is 0 Å². The molecule has 1 saturated carbocycles. The number of ether oxygens (including phenoxy) is 1. The fourth-order valence-corrected chi connectivity index (χ4v) is 2.80. The van der Waals surface area contributed by atoms with Gasteiger partial charge in [0, 0.05) is 12.6 Å². The van der Waals surface area contributed by atoms with Crippen molar-refractivity contribution < 1.29 is 9.53 Å². The standard InChI is InChI=1S/C17H34N2O2/c1-5-6-11-15(18-12-14-9-7-8-10-14)13-19-16(20)21-17(2,3)4/h14-15,18H,5-13H2,1-4H3,(H,19,20). The fraction of sp³-hybridized carbons (Fsp3) is 0.941. The normalized spacial score (nSPS) is 17.7. The summed E-state index contributed by atoms with van der Waals surface area (Å²) in [5, 5.41) is 6.54. The van der Waals surface area contributed by atoms with E-state index in [1.807, 2.05) is 20.8 Å². The van der Waals surface area contributed by atoms with Crippen LogP contribution >= 0.6 is 0 Å². The molecule has 0 saturated heterocycles. The molecule has 1 fully saturated rings. The lowest BCUT2D eigenvalue weighted by atomic mass is 10.1. The minimum Gasteiger partial charge on any atom is -0.444 e. The molecule has 0 bridgehead atoms. The minimum atomic E-state index is -0.430. The van der Waals surface area contributed by atoms with Crippen LogP contribution in [0.15, 0.2) is 0 Å². The van der Waals surface area contributed by atoms with Crippen LogP contribution in [-0.2, 0) is 4.74 Å². The minimum absolute atomic E-state index is 0.313. The van der Waals surface area contributed by atoms with E-state index in [1.165, 1.54) is 38.5 Å². The predicted molar refractivity (Wildman–Crippen MR) is 87.5 cm³/mol. The lowest BCUT2D eigenvalue weighted by Gasteiger charge is -2.23. The Hall–Kier alpha value is -0.770. The molecule has 0 aliphatic heterocycles. The van der Waals surface area contributed by atoms with Crippen LogP contribution in [0.2, 0.25) is 0 Å². The number of amides is 1. The van der Waals surface area contributed by atoms with Gasteiger partial charge in [-0.15, -0.1) is 0 Å². The Morgan fingerprint density at radius 1 is 1.29 bits per heavy atom. The molecule has 4 heteroatoms. The van der Waals surface area contributed by atoms with Crippen LogP contribution in [0.1, 0.15) is 72.6 Å². The lowest BCUT2D eigenvalue weighted by molar-refractivity contribution is 0.0521. The highest BCUT2D eigenvalue weighted by Gasteiger charge is 2.19. The second-order valence-electron chi connectivity index (χ2n) is 7.28. The Morgan fingerprint density at radius 2 is 1.95 bits per heavy atom. The van der Waals surface area contributed by atoms with Gasteiger partial charge in [0.2, 0.25) is 0 Å². The highest BCUT2D eigenvalue weighted by molar-refractivity contribution is 5.67. The zero-order valence-corrected chi connectivity index (χ0v) is 14.3. The summed E-state index contributed by atoms with van der Waals surface area (Å²) in [4.78, 5) is 11.7. The van der Waals surface area contributed by atoms with Gasteiger partial charge in [-0.25, -0.2) is 4.79 Å². The van der Waals surface area contributed by atoms with Gasteiger partial charge in [0.1, 0.15) is 5.60 Å². The Balaban J connectivity index is 2.29. The van der Waals surface area contributed by atoms with Crippen molar-refractivity contribution in [2.75, 3.05) is 13.1 Å². The van der Waals surface area contributed by atoms with Gasteiger partial charge >= 0.3 is 6.09 Å². The van der Waals surface area contributed by atoms with Crippen LogP contribution in [0.5, 0.6) is 0 Å². The molecule has 0 aromatic rings. The van der Waals surface area contributed by atoms with Crippen molar-refractivity contribution in [2.45, 2.75) is 84.3 Å². The zero-order chi connectivity index (χ0) is 15.7. The number of hydrogen-bond donors (Lipinski definition) is 2. The SMILES string of the molecule is CCCCC(CNC(=O)OC(C)(C)C)NCC1CCCC1. The van der Waals surface area contributed by atoms with Crippen molar-refractivity contribution in [3.63, 3.8) is 0 Å². The third kappa shape index (κ3) is 8.97. The van der Waals surface area contributed by atoms with Gasteiger partial charge in [-0.3, -0.25) is 0 Å². The third-order valence-corrected chi connectivity index (χ3v) is 3.97. The van der Waals surface area contributed by atoms with E-state index >= 15 is 0 Å². The second kappa shape index (κ2) is 9.29. The van der Waals surface area contributed by atoms with Crippen LogP contribution in [-0.4, -0.2) is 30.8 Å². The van der Waals surface area contributed by atoms with E-state index < -0.39 is 5.60 Å². The third-order valence-electron chi connectivity index (χ3n) is 3.97. The Bertz CT molecular complexity index is 294. The van der Waals surface area contributed by atoms with Gasteiger partial charge in [-0.1, -0.05) is 32.6 Å². The second-order valence-corrected chi connectivity index (χ2v) is 7.28. The predicted octanol–water partition coefficient (Wildman–Crippen LogP) is 3.85. The number of hydrogen-bond acceptors (Lipinski definition) is 3. The molecule has 0 heterocycles. The molecular formula is C17H34N2O2. The van der Waals surface area contributed by atoms with E-state index in [-0.39, 0.29) is 6.09 Å². The molecule has 2 N–H and O–H groups in total. The number of carbonyl (C=O) groups excluding carboxylic acids is 1. The summed E-state index contributed by atoms with van der Waals surface area (Å²) < 4.78 is 5.29. The van der Waals surface area contributed by atoms with E-state index in [0.29, 0.717) is 12.6 Å². The highest BCUT2D eigenvalue weighted by atomic mass is 16.6. The number of nitrogens with one attached hydrogen (secondary N) is 2.